The number of amides is 1. The van der Waals surface area contributed by atoms with Crippen molar-refractivity contribution in [2.24, 2.45) is 0 Å². The number of aromatic nitrogens is 1. The third kappa shape index (κ3) is 4.39. The van der Waals surface area contributed by atoms with Crippen molar-refractivity contribution in [1.29, 1.82) is 0 Å². The molecule has 0 saturated heterocycles. The topological polar surface area (TPSA) is 82.6 Å². The van der Waals surface area contributed by atoms with Gasteiger partial charge in [0.15, 0.2) is 0 Å². The van der Waals surface area contributed by atoms with Crippen molar-refractivity contribution in [3.05, 3.63) is 83.6 Å². The Bertz CT molecular complexity index is 1210. The van der Waals surface area contributed by atoms with Crippen LogP contribution in [0.3, 0.4) is 0 Å². The summed E-state index contributed by atoms with van der Waals surface area (Å²) in [5, 5.41) is 3.25. The number of carbonyl (C=O) groups excluding carboxylic acids is 1. The van der Waals surface area contributed by atoms with E-state index in [9.17, 15) is 13.2 Å². The fourth-order valence-electron chi connectivity index (χ4n) is 3.61. The number of nitrogens with zero attached hydrogens (tertiary/aromatic N) is 3. The second-order valence-electron chi connectivity index (χ2n) is 7.49. The summed E-state index contributed by atoms with van der Waals surface area (Å²) in [7, 11) is -1.78. The maximum Gasteiger partial charge on any atom is 0.262 e. The number of carbonyl (C=O) groups is 1. The quantitative estimate of drug-likeness (QED) is 0.641. The van der Waals surface area contributed by atoms with Gasteiger partial charge in [0.25, 0.3) is 5.91 Å². The van der Waals surface area contributed by atoms with Crippen LogP contribution < -0.4 is 14.5 Å². The normalized spacial score (nSPS) is 13.0. The molecule has 2 heterocycles. The molecule has 1 amide bonds. The van der Waals surface area contributed by atoms with Crippen LogP contribution in [-0.4, -0.2) is 39.2 Å². The predicted octanol–water partition coefficient (Wildman–Crippen LogP) is 3.29. The highest BCUT2D eigenvalue weighted by Crippen LogP contribution is 2.30. The fraction of sp³-hybridized carbons (Fsp3) is 0.217. The monoisotopic (exact) mass is 436 g/mol. The second kappa shape index (κ2) is 8.39. The largest absolute Gasteiger partial charge is 0.365 e. The smallest absolute Gasteiger partial charge is 0.262 e. The Labute approximate surface area is 182 Å². The van der Waals surface area contributed by atoms with E-state index < -0.39 is 10.0 Å². The lowest BCUT2D eigenvalue weighted by Crippen LogP contribution is -2.29. The van der Waals surface area contributed by atoms with Crippen LogP contribution in [0.15, 0.2) is 66.9 Å². The highest BCUT2D eigenvalue weighted by atomic mass is 32.2. The van der Waals surface area contributed by atoms with Crippen LogP contribution in [-0.2, 0) is 23.0 Å². The van der Waals surface area contributed by atoms with Gasteiger partial charge in [0, 0.05) is 32.0 Å². The zero-order valence-corrected chi connectivity index (χ0v) is 18.3. The summed E-state index contributed by atoms with van der Waals surface area (Å²) in [5.74, 6) is 0.444. The maximum atomic E-state index is 13.2. The number of anilines is 3. The number of hydrogen-bond donors (Lipinski definition) is 1. The first-order chi connectivity index (χ1) is 14.8. The molecule has 1 aliphatic heterocycles. The van der Waals surface area contributed by atoms with Crippen LogP contribution in [0.4, 0.5) is 17.2 Å². The van der Waals surface area contributed by atoms with Gasteiger partial charge in [0.05, 0.1) is 17.5 Å². The molecule has 0 aliphatic carbocycles. The van der Waals surface area contributed by atoms with E-state index in [4.69, 9.17) is 0 Å². The molecule has 8 heteroatoms. The van der Waals surface area contributed by atoms with Gasteiger partial charge >= 0.3 is 0 Å². The molecule has 0 spiro atoms. The number of rotatable bonds is 6. The van der Waals surface area contributed by atoms with Crippen LogP contribution >= 0.6 is 0 Å². The highest BCUT2D eigenvalue weighted by Gasteiger charge is 2.27. The van der Waals surface area contributed by atoms with Crippen molar-refractivity contribution in [1.82, 2.24) is 4.98 Å². The van der Waals surface area contributed by atoms with Crippen molar-refractivity contribution >= 4 is 33.1 Å². The van der Waals surface area contributed by atoms with Crippen LogP contribution in [0.2, 0.25) is 0 Å². The molecular weight excluding hydrogens is 412 g/mol. The fourth-order valence-corrected chi connectivity index (χ4v) is 4.12. The van der Waals surface area contributed by atoms with E-state index >= 15 is 0 Å². The van der Waals surface area contributed by atoms with Crippen molar-refractivity contribution in [3.8, 4) is 0 Å². The number of nitrogens with one attached hydrogen (secondary N) is 1. The summed E-state index contributed by atoms with van der Waals surface area (Å²) >= 11 is 0. The van der Waals surface area contributed by atoms with Crippen LogP contribution in [0, 0.1) is 0 Å². The molecule has 4 rings (SSSR count). The molecule has 3 aromatic rings. The van der Waals surface area contributed by atoms with Gasteiger partial charge in [-0.15, -0.1) is 0 Å². The molecule has 7 nitrogen and oxygen atoms in total. The number of benzene rings is 2. The molecule has 0 radical (unpaired) electrons. The minimum absolute atomic E-state index is 0.0781. The standard InChI is InChI=1S/C23H24N4O3S/c1-26(31(2,29)30)19-11-9-17(10-12-19)16-25-22-20(7-5-14-24-22)23(28)27-15-13-18-6-3-4-8-21(18)27/h3-12,14H,13,15-16H2,1-2H3,(H,24,25). The molecule has 0 bridgehead atoms. The van der Waals surface area contributed by atoms with Crippen molar-refractivity contribution in [3.63, 3.8) is 0 Å². The first-order valence-corrected chi connectivity index (χ1v) is 11.8. The van der Waals surface area contributed by atoms with Crippen LogP contribution in [0.5, 0.6) is 0 Å². The van der Waals surface area contributed by atoms with Gasteiger partial charge in [-0.25, -0.2) is 13.4 Å². The molecular formula is C23H24N4O3S. The number of pyridine rings is 1. The average molecular weight is 437 g/mol. The SMILES string of the molecule is CN(c1ccc(CNc2ncccc2C(=O)N2CCc3ccccc32)cc1)S(C)(=O)=O. The third-order valence-electron chi connectivity index (χ3n) is 5.43. The van der Waals surface area contributed by atoms with E-state index in [1.54, 1.807) is 35.4 Å². The molecule has 31 heavy (non-hydrogen) atoms. The second-order valence-corrected chi connectivity index (χ2v) is 9.50. The van der Waals surface area contributed by atoms with Crippen LogP contribution in [0.1, 0.15) is 21.5 Å². The molecule has 0 unspecified atom stereocenters. The van der Waals surface area contributed by atoms with Gasteiger partial charge in [-0.3, -0.25) is 9.10 Å². The van der Waals surface area contributed by atoms with Gasteiger partial charge in [0.2, 0.25) is 10.0 Å². The third-order valence-corrected chi connectivity index (χ3v) is 6.63. The van der Waals surface area contributed by atoms with Crippen molar-refractivity contribution in [2.75, 3.05) is 34.4 Å². The van der Waals surface area contributed by atoms with E-state index in [1.165, 1.54) is 23.2 Å². The molecule has 0 saturated carbocycles. The first-order valence-electron chi connectivity index (χ1n) is 9.96. The Morgan fingerprint density at radius 2 is 1.84 bits per heavy atom. The minimum atomic E-state index is -3.30. The zero-order valence-electron chi connectivity index (χ0n) is 17.4. The summed E-state index contributed by atoms with van der Waals surface area (Å²) in [4.78, 5) is 19.4. The number of hydrogen-bond acceptors (Lipinski definition) is 5. The van der Waals surface area contributed by atoms with Gasteiger partial charge in [-0.05, 0) is 47.9 Å². The average Bonchev–Trinajstić information content (AvgIpc) is 3.21. The van der Waals surface area contributed by atoms with E-state index in [0.717, 1.165) is 17.7 Å². The summed E-state index contributed by atoms with van der Waals surface area (Å²) in [6.07, 6.45) is 3.67. The first kappa shape index (κ1) is 20.9. The number of sulfonamides is 1. The summed E-state index contributed by atoms with van der Waals surface area (Å²) in [5.41, 5.74) is 4.18. The summed E-state index contributed by atoms with van der Waals surface area (Å²) in [6, 6.07) is 18.7. The van der Waals surface area contributed by atoms with E-state index in [2.05, 4.69) is 16.4 Å². The van der Waals surface area contributed by atoms with Crippen LogP contribution in [0.25, 0.3) is 0 Å². The summed E-state index contributed by atoms with van der Waals surface area (Å²) < 4.78 is 24.6. The Kier molecular flexibility index (Phi) is 5.65. The predicted molar refractivity (Wildman–Crippen MR) is 123 cm³/mol. The Balaban J connectivity index is 1.49. The van der Waals surface area contributed by atoms with Gasteiger partial charge < -0.3 is 10.2 Å². The lowest BCUT2D eigenvalue weighted by atomic mass is 10.1. The van der Waals surface area contributed by atoms with Gasteiger partial charge in [-0.1, -0.05) is 30.3 Å². The Morgan fingerprint density at radius 3 is 2.58 bits per heavy atom. The van der Waals surface area contributed by atoms with Gasteiger partial charge in [0.1, 0.15) is 5.82 Å². The van der Waals surface area contributed by atoms with E-state index in [-0.39, 0.29) is 5.91 Å². The minimum Gasteiger partial charge on any atom is -0.365 e. The number of para-hydroxylation sites is 1. The molecule has 1 aliphatic rings. The Hall–Kier alpha value is -3.39. The zero-order chi connectivity index (χ0) is 22.0. The maximum absolute atomic E-state index is 13.2. The van der Waals surface area contributed by atoms with Crippen molar-refractivity contribution in [2.45, 2.75) is 13.0 Å². The summed E-state index contributed by atoms with van der Waals surface area (Å²) in [6.45, 7) is 1.11. The lowest BCUT2D eigenvalue weighted by molar-refractivity contribution is 0.0990. The van der Waals surface area contributed by atoms with E-state index in [1.807, 2.05) is 30.3 Å². The molecule has 0 fully saturated rings. The molecule has 160 valence electrons. The van der Waals surface area contributed by atoms with E-state index in [0.29, 0.717) is 30.2 Å². The molecule has 0 atom stereocenters. The Morgan fingerprint density at radius 1 is 1.10 bits per heavy atom. The highest BCUT2D eigenvalue weighted by molar-refractivity contribution is 7.92. The lowest BCUT2D eigenvalue weighted by Gasteiger charge is -2.19. The van der Waals surface area contributed by atoms with Crippen molar-refractivity contribution < 1.29 is 13.2 Å². The van der Waals surface area contributed by atoms with Gasteiger partial charge in [-0.2, -0.15) is 0 Å². The molecule has 1 N–H and O–H groups in total. The number of fused-ring (bicyclic) bond motifs is 1. The molecule has 2 aromatic carbocycles. The molecule has 1 aromatic heterocycles.